The van der Waals surface area contributed by atoms with Crippen LogP contribution in [0.3, 0.4) is 0 Å². The highest BCUT2D eigenvalue weighted by atomic mass is 32.2. The van der Waals surface area contributed by atoms with Gasteiger partial charge in [0, 0.05) is 23.7 Å². The first-order valence-electron chi connectivity index (χ1n) is 7.61. The Labute approximate surface area is 135 Å². The molecule has 120 valence electrons. The first kappa shape index (κ1) is 16.8. The minimum atomic E-state index is -0.260. The van der Waals surface area contributed by atoms with E-state index in [1.807, 2.05) is 23.1 Å². The number of rotatable bonds is 7. The normalized spacial score (nSPS) is 18.8. The second-order valence-electron chi connectivity index (χ2n) is 5.49. The maximum atomic E-state index is 11.9. The molecular formula is C16H23N3O2S. The van der Waals surface area contributed by atoms with Crippen molar-refractivity contribution in [3.8, 4) is 0 Å². The first-order valence-corrected chi connectivity index (χ1v) is 8.60. The number of benzene rings is 1. The van der Waals surface area contributed by atoms with Crippen LogP contribution in [0.5, 0.6) is 0 Å². The Hall–Kier alpha value is -1.53. The predicted molar refractivity (Wildman–Crippen MR) is 88.5 cm³/mol. The SMILES string of the molecule is NC(=O)[C@H]1CCCN(CC(=O)NCCSc2ccccc2)C1. The van der Waals surface area contributed by atoms with Gasteiger partial charge in [0.25, 0.3) is 0 Å². The number of nitrogens with two attached hydrogens (primary N) is 1. The molecule has 3 N–H and O–H groups in total. The van der Waals surface area contributed by atoms with E-state index in [2.05, 4.69) is 17.4 Å². The van der Waals surface area contributed by atoms with Gasteiger partial charge >= 0.3 is 0 Å². The minimum absolute atomic E-state index is 0.0128. The molecule has 0 aromatic heterocycles. The average molecular weight is 321 g/mol. The van der Waals surface area contributed by atoms with Crippen LogP contribution >= 0.6 is 11.8 Å². The molecule has 0 unspecified atom stereocenters. The van der Waals surface area contributed by atoms with Gasteiger partial charge < -0.3 is 11.1 Å². The van der Waals surface area contributed by atoms with Gasteiger partial charge in [-0.3, -0.25) is 14.5 Å². The zero-order valence-corrected chi connectivity index (χ0v) is 13.5. The topological polar surface area (TPSA) is 75.4 Å². The zero-order chi connectivity index (χ0) is 15.8. The number of thioether (sulfide) groups is 1. The van der Waals surface area contributed by atoms with Gasteiger partial charge in [0.15, 0.2) is 0 Å². The number of likely N-dealkylation sites (tertiary alicyclic amines) is 1. The maximum Gasteiger partial charge on any atom is 0.234 e. The van der Waals surface area contributed by atoms with E-state index in [1.54, 1.807) is 11.8 Å². The lowest BCUT2D eigenvalue weighted by atomic mass is 9.97. The zero-order valence-electron chi connectivity index (χ0n) is 12.7. The molecule has 1 heterocycles. The van der Waals surface area contributed by atoms with Gasteiger partial charge in [-0.25, -0.2) is 0 Å². The molecule has 2 amide bonds. The van der Waals surface area contributed by atoms with Crippen molar-refractivity contribution in [2.24, 2.45) is 11.7 Å². The summed E-state index contributed by atoms with van der Waals surface area (Å²) in [6.45, 7) is 2.45. The van der Waals surface area contributed by atoms with Crippen LogP contribution < -0.4 is 11.1 Å². The van der Waals surface area contributed by atoms with E-state index in [0.717, 1.165) is 25.1 Å². The molecule has 5 nitrogen and oxygen atoms in total. The van der Waals surface area contributed by atoms with Crippen molar-refractivity contribution in [3.63, 3.8) is 0 Å². The summed E-state index contributed by atoms with van der Waals surface area (Å²) >= 11 is 1.72. The van der Waals surface area contributed by atoms with Crippen molar-refractivity contribution >= 4 is 23.6 Å². The lowest BCUT2D eigenvalue weighted by Crippen LogP contribution is -2.45. The van der Waals surface area contributed by atoms with Gasteiger partial charge in [0.2, 0.25) is 11.8 Å². The molecule has 1 aliphatic rings. The third-order valence-corrected chi connectivity index (χ3v) is 4.73. The van der Waals surface area contributed by atoms with E-state index in [9.17, 15) is 9.59 Å². The monoisotopic (exact) mass is 321 g/mol. The van der Waals surface area contributed by atoms with Crippen LogP contribution in [0.15, 0.2) is 35.2 Å². The van der Waals surface area contributed by atoms with Crippen LogP contribution in [0, 0.1) is 5.92 Å². The minimum Gasteiger partial charge on any atom is -0.369 e. The highest BCUT2D eigenvalue weighted by Gasteiger charge is 2.24. The molecule has 0 aliphatic carbocycles. The van der Waals surface area contributed by atoms with E-state index >= 15 is 0 Å². The second kappa shape index (κ2) is 8.80. The molecule has 0 spiro atoms. The molecule has 1 atom stereocenters. The van der Waals surface area contributed by atoms with Crippen LogP contribution in [-0.2, 0) is 9.59 Å². The molecule has 2 rings (SSSR count). The summed E-state index contributed by atoms with van der Waals surface area (Å²) in [5, 5.41) is 2.93. The van der Waals surface area contributed by atoms with Crippen molar-refractivity contribution in [3.05, 3.63) is 30.3 Å². The van der Waals surface area contributed by atoms with Crippen LogP contribution in [0.4, 0.5) is 0 Å². The van der Waals surface area contributed by atoms with E-state index in [-0.39, 0.29) is 17.7 Å². The third kappa shape index (κ3) is 5.69. The van der Waals surface area contributed by atoms with Gasteiger partial charge in [-0.2, -0.15) is 0 Å². The summed E-state index contributed by atoms with van der Waals surface area (Å²) in [5.74, 6) is 0.484. The average Bonchev–Trinajstić information content (AvgIpc) is 2.53. The highest BCUT2D eigenvalue weighted by molar-refractivity contribution is 7.99. The van der Waals surface area contributed by atoms with Crippen LogP contribution in [0.2, 0.25) is 0 Å². The molecule has 1 fully saturated rings. The van der Waals surface area contributed by atoms with E-state index in [1.165, 1.54) is 4.90 Å². The number of nitrogens with one attached hydrogen (secondary N) is 1. The molecule has 1 aromatic rings. The summed E-state index contributed by atoms with van der Waals surface area (Å²) in [7, 11) is 0. The third-order valence-electron chi connectivity index (χ3n) is 3.71. The molecular weight excluding hydrogens is 298 g/mol. The predicted octanol–water partition coefficient (Wildman–Crippen LogP) is 1.09. The lowest BCUT2D eigenvalue weighted by molar-refractivity contribution is -0.126. The molecule has 1 aliphatic heterocycles. The number of primary amides is 1. The standard InChI is InChI=1S/C16H23N3O2S/c17-16(21)13-5-4-9-19(11-13)12-15(20)18-8-10-22-14-6-2-1-3-7-14/h1-3,6-7,13H,4-5,8-12H2,(H2,17,21)(H,18,20)/t13-/m0/s1. The highest BCUT2D eigenvalue weighted by Crippen LogP contribution is 2.16. The quantitative estimate of drug-likeness (QED) is 0.582. The Balaban J connectivity index is 1.62. The van der Waals surface area contributed by atoms with Crippen LogP contribution in [-0.4, -0.2) is 48.6 Å². The summed E-state index contributed by atoms with van der Waals surface area (Å²) < 4.78 is 0. The Morgan fingerprint density at radius 1 is 1.32 bits per heavy atom. The molecule has 0 radical (unpaired) electrons. The van der Waals surface area contributed by atoms with E-state index < -0.39 is 0 Å². The molecule has 1 aromatic carbocycles. The molecule has 6 heteroatoms. The Bertz CT molecular complexity index is 495. The summed E-state index contributed by atoms with van der Waals surface area (Å²) in [4.78, 5) is 26.4. The van der Waals surface area contributed by atoms with Gasteiger partial charge in [0.05, 0.1) is 12.5 Å². The summed E-state index contributed by atoms with van der Waals surface area (Å²) in [6, 6.07) is 10.1. The van der Waals surface area contributed by atoms with Gasteiger partial charge in [-0.05, 0) is 31.5 Å². The second-order valence-corrected chi connectivity index (χ2v) is 6.66. The van der Waals surface area contributed by atoms with Gasteiger partial charge in [0.1, 0.15) is 0 Å². The Kier molecular flexibility index (Phi) is 6.74. The van der Waals surface area contributed by atoms with Gasteiger partial charge in [-0.1, -0.05) is 18.2 Å². The fourth-order valence-electron chi connectivity index (χ4n) is 2.57. The Morgan fingerprint density at radius 2 is 2.09 bits per heavy atom. The molecule has 1 saturated heterocycles. The fraction of sp³-hybridized carbons (Fsp3) is 0.500. The summed E-state index contributed by atoms with van der Waals surface area (Å²) in [5.41, 5.74) is 5.34. The van der Waals surface area contributed by atoms with Crippen molar-refractivity contribution in [2.45, 2.75) is 17.7 Å². The number of carbonyl (C=O) groups excluding carboxylic acids is 2. The molecule has 0 saturated carbocycles. The molecule has 22 heavy (non-hydrogen) atoms. The summed E-state index contributed by atoms with van der Waals surface area (Å²) in [6.07, 6.45) is 1.76. The number of hydrogen-bond donors (Lipinski definition) is 2. The van der Waals surface area contributed by atoms with Crippen molar-refractivity contribution < 1.29 is 9.59 Å². The fourth-order valence-corrected chi connectivity index (χ4v) is 3.36. The number of carbonyl (C=O) groups is 2. The molecule has 0 bridgehead atoms. The number of nitrogens with zero attached hydrogens (tertiary/aromatic N) is 1. The number of amides is 2. The lowest BCUT2D eigenvalue weighted by Gasteiger charge is -2.30. The van der Waals surface area contributed by atoms with Crippen molar-refractivity contribution in [2.75, 3.05) is 31.9 Å². The number of hydrogen-bond acceptors (Lipinski definition) is 4. The van der Waals surface area contributed by atoms with Crippen molar-refractivity contribution in [1.82, 2.24) is 10.2 Å². The van der Waals surface area contributed by atoms with Gasteiger partial charge in [-0.15, -0.1) is 11.8 Å². The van der Waals surface area contributed by atoms with Crippen LogP contribution in [0.1, 0.15) is 12.8 Å². The smallest absolute Gasteiger partial charge is 0.234 e. The van der Waals surface area contributed by atoms with E-state index in [4.69, 9.17) is 5.73 Å². The number of piperidine rings is 1. The first-order chi connectivity index (χ1) is 10.6. The van der Waals surface area contributed by atoms with Crippen molar-refractivity contribution in [1.29, 1.82) is 0 Å². The Morgan fingerprint density at radius 3 is 2.82 bits per heavy atom. The largest absolute Gasteiger partial charge is 0.369 e. The van der Waals surface area contributed by atoms with E-state index in [0.29, 0.717) is 19.6 Å². The maximum absolute atomic E-state index is 11.9. The van der Waals surface area contributed by atoms with Crippen LogP contribution in [0.25, 0.3) is 0 Å².